The van der Waals surface area contributed by atoms with Crippen LogP contribution in [0.3, 0.4) is 0 Å². The predicted octanol–water partition coefficient (Wildman–Crippen LogP) is 5.24. The largest absolute Gasteiger partial charge is 0.496 e. The fourth-order valence-corrected chi connectivity index (χ4v) is 5.80. The molecule has 1 aliphatic heterocycles. The first kappa shape index (κ1) is 33.0. The molecule has 0 unspecified atom stereocenters. The summed E-state index contributed by atoms with van der Waals surface area (Å²) in [6.07, 6.45) is 8.33. The number of nitrogens with one attached hydrogen (secondary N) is 2. The Morgan fingerprint density at radius 2 is 1.87 bits per heavy atom. The van der Waals surface area contributed by atoms with E-state index in [9.17, 15) is 4.79 Å². The molecule has 1 amide bonds. The van der Waals surface area contributed by atoms with Gasteiger partial charge in [-0.05, 0) is 68.2 Å². The van der Waals surface area contributed by atoms with Crippen LogP contribution in [0, 0.1) is 0 Å². The maximum Gasteiger partial charge on any atom is 0.255 e. The molecule has 0 saturated carbocycles. The number of aromatic amines is 1. The van der Waals surface area contributed by atoms with E-state index in [1.807, 2.05) is 10.7 Å². The Morgan fingerprint density at radius 3 is 2.57 bits per heavy atom. The number of aromatic nitrogens is 4. The zero-order valence-corrected chi connectivity index (χ0v) is 27.5. The highest BCUT2D eigenvalue weighted by Gasteiger charge is 2.23. The van der Waals surface area contributed by atoms with Crippen LogP contribution in [0.25, 0.3) is 10.9 Å². The molecular weight excluding hydrogens is 600 g/mol. The van der Waals surface area contributed by atoms with Crippen molar-refractivity contribution in [3.63, 3.8) is 0 Å². The third-order valence-electron chi connectivity index (χ3n) is 8.21. The maximum absolute atomic E-state index is 12.6. The fraction of sp³-hybridized carbons (Fsp3) is 0.343. The highest BCUT2D eigenvalue weighted by Crippen LogP contribution is 2.29. The number of H-pyrrole nitrogens is 1. The summed E-state index contributed by atoms with van der Waals surface area (Å²) in [5, 5.41) is 8.91. The molecule has 3 aromatic carbocycles. The van der Waals surface area contributed by atoms with Crippen molar-refractivity contribution < 1.29 is 9.53 Å². The van der Waals surface area contributed by atoms with Crippen LogP contribution in [-0.2, 0) is 19.5 Å². The minimum Gasteiger partial charge on any atom is -0.496 e. The number of fused-ring (bicyclic) bond motifs is 1. The van der Waals surface area contributed by atoms with E-state index in [0.29, 0.717) is 22.0 Å². The van der Waals surface area contributed by atoms with Gasteiger partial charge in [-0.15, -0.1) is 0 Å². The van der Waals surface area contributed by atoms with E-state index in [1.54, 1.807) is 24.8 Å². The Labute approximate surface area is 275 Å². The molecule has 5 aromatic rings. The number of likely N-dealkylation sites (N-methyl/N-ethyl adjacent to an activating group) is 1. The van der Waals surface area contributed by atoms with Crippen molar-refractivity contribution >= 4 is 34.1 Å². The van der Waals surface area contributed by atoms with Crippen molar-refractivity contribution in [3.05, 3.63) is 107 Å². The normalized spacial score (nSPS) is 13.8. The number of methoxy groups -OCH3 is 1. The van der Waals surface area contributed by atoms with Crippen molar-refractivity contribution in [2.45, 2.75) is 38.4 Å². The molecule has 1 aliphatic rings. The number of hydrogen-bond donors (Lipinski definition) is 3. The van der Waals surface area contributed by atoms with Gasteiger partial charge in [0.25, 0.3) is 5.91 Å². The molecule has 6 rings (SSSR count). The molecule has 0 radical (unpaired) electrons. The number of nitrogen functional groups attached to an aromatic ring is 1. The van der Waals surface area contributed by atoms with Crippen molar-refractivity contribution in [1.82, 2.24) is 34.9 Å². The first-order chi connectivity index (χ1) is 22.3. The van der Waals surface area contributed by atoms with Crippen LogP contribution in [0.15, 0.2) is 79.5 Å². The Hall–Kier alpha value is -4.38. The number of rotatable bonds is 10. The lowest BCUT2D eigenvalue weighted by Gasteiger charge is -2.32. The Kier molecular flexibility index (Phi) is 11.3. The first-order valence-corrected chi connectivity index (χ1v) is 15.9. The number of likely N-dealkylation sites (tertiary alicyclic amines) is 1. The van der Waals surface area contributed by atoms with Gasteiger partial charge in [0.15, 0.2) is 0 Å². The van der Waals surface area contributed by atoms with Crippen LogP contribution in [0.5, 0.6) is 5.75 Å². The molecule has 11 heteroatoms. The smallest absolute Gasteiger partial charge is 0.255 e. The van der Waals surface area contributed by atoms with Gasteiger partial charge in [0.05, 0.1) is 29.9 Å². The molecule has 0 atom stereocenters. The van der Waals surface area contributed by atoms with E-state index in [2.05, 4.69) is 92.9 Å². The second kappa shape index (κ2) is 15.8. The average molecular weight is 643 g/mol. The molecule has 0 bridgehead atoms. The lowest BCUT2D eigenvalue weighted by atomic mass is 10.0. The molecule has 46 heavy (non-hydrogen) atoms. The van der Waals surface area contributed by atoms with E-state index >= 15 is 0 Å². The molecule has 242 valence electrons. The van der Waals surface area contributed by atoms with Gasteiger partial charge in [-0.1, -0.05) is 48.0 Å². The van der Waals surface area contributed by atoms with Gasteiger partial charge in [-0.3, -0.25) is 9.69 Å². The zero-order chi connectivity index (χ0) is 32.5. The molecule has 1 fully saturated rings. The summed E-state index contributed by atoms with van der Waals surface area (Å²) >= 11 is 6.06. The molecule has 2 aromatic heterocycles. The minimum atomic E-state index is -0.176. The lowest BCUT2D eigenvalue weighted by molar-refractivity contribution is 0.0906. The number of anilines is 1. The fourth-order valence-electron chi connectivity index (χ4n) is 5.63. The third-order valence-corrected chi connectivity index (χ3v) is 8.53. The first-order valence-electron chi connectivity index (χ1n) is 15.5. The standard InChI is InChI=1S/C20H24ClN3O2.C15H19N5/c1-26-19-12-18(22)17(21)11-16(19)20(25)23-15-7-9-24(10-8-15)13-14-5-3-2-4-6-14;1-19(2)6-5-13-8-17-15-4-3-12(7-14(13)15)9-20-11-16-10-18-20/h2-6,11-12,15H,7-10,13,22H2,1H3,(H,23,25);3-4,7-8,10-11,17H,5-6,9H2,1-2H3. The number of nitrogens with zero attached hydrogens (tertiary/aromatic N) is 5. The molecule has 10 nitrogen and oxygen atoms in total. The van der Waals surface area contributed by atoms with Crippen LogP contribution in [0.4, 0.5) is 5.69 Å². The number of ether oxygens (including phenoxy) is 1. The molecule has 4 N–H and O–H groups in total. The van der Waals surface area contributed by atoms with Gasteiger partial charge in [-0.25, -0.2) is 9.67 Å². The highest BCUT2D eigenvalue weighted by molar-refractivity contribution is 6.33. The van der Waals surface area contributed by atoms with Gasteiger partial charge in [0.1, 0.15) is 18.4 Å². The summed E-state index contributed by atoms with van der Waals surface area (Å²) in [4.78, 5) is 24.6. The third kappa shape index (κ3) is 8.87. The molecular formula is C35H43ClN8O2. The molecule has 3 heterocycles. The Morgan fingerprint density at radius 1 is 1.09 bits per heavy atom. The number of benzene rings is 3. The minimum absolute atomic E-state index is 0.149. The van der Waals surface area contributed by atoms with Crippen LogP contribution >= 0.6 is 11.6 Å². The maximum atomic E-state index is 12.6. The summed E-state index contributed by atoms with van der Waals surface area (Å²) in [6, 6.07) is 20.3. The van der Waals surface area contributed by atoms with Gasteiger partial charge in [0.2, 0.25) is 0 Å². The number of halogens is 1. The Bertz CT molecular complexity index is 1700. The number of hydrogen-bond acceptors (Lipinski definition) is 7. The van der Waals surface area contributed by atoms with E-state index in [4.69, 9.17) is 22.1 Å². The van der Waals surface area contributed by atoms with Crippen molar-refractivity contribution in [2.75, 3.05) is 46.6 Å². The molecule has 0 aliphatic carbocycles. The van der Waals surface area contributed by atoms with E-state index < -0.39 is 0 Å². The second-order valence-electron chi connectivity index (χ2n) is 11.9. The number of nitrogens with two attached hydrogens (primary N) is 1. The van der Waals surface area contributed by atoms with Crippen molar-refractivity contribution in [3.8, 4) is 5.75 Å². The number of amides is 1. The monoisotopic (exact) mass is 642 g/mol. The highest BCUT2D eigenvalue weighted by atomic mass is 35.5. The summed E-state index contributed by atoms with van der Waals surface area (Å²) in [5.41, 5.74) is 11.7. The van der Waals surface area contributed by atoms with Crippen LogP contribution in [-0.4, -0.2) is 82.3 Å². The number of carbonyl (C=O) groups is 1. The topological polar surface area (TPSA) is 117 Å². The van der Waals surface area contributed by atoms with Gasteiger partial charge in [0, 0.05) is 55.4 Å². The quantitative estimate of drug-likeness (QED) is 0.179. The van der Waals surface area contributed by atoms with Crippen LogP contribution in [0.2, 0.25) is 5.02 Å². The SMILES string of the molecule is CN(C)CCc1c[nH]c2ccc(Cn3cncn3)cc12.COc1cc(N)c(Cl)cc1C(=O)NC1CCN(Cc2ccccc2)CC1. The van der Waals surface area contributed by atoms with Crippen LogP contribution in [0.1, 0.15) is 39.9 Å². The van der Waals surface area contributed by atoms with E-state index in [0.717, 1.165) is 52.0 Å². The number of carbonyl (C=O) groups excluding carboxylic acids is 1. The van der Waals surface area contributed by atoms with E-state index in [-0.39, 0.29) is 11.9 Å². The van der Waals surface area contributed by atoms with Gasteiger partial charge >= 0.3 is 0 Å². The lowest BCUT2D eigenvalue weighted by Crippen LogP contribution is -2.44. The van der Waals surface area contributed by atoms with Crippen LogP contribution < -0.4 is 15.8 Å². The summed E-state index contributed by atoms with van der Waals surface area (Å²) in [5.74, 6) is 0.260. The zero-order valence-electron chi connectivity index (χ0n) is 26.7. The summed E-state index contributed by atoms with van der Waals surface area (Å²) < 4.78 is 7.11. The van der Waals surface area contributed by atoms with E-state index in [1.165, 1.54) is 34.7 Å². The number of piperidine rings is 1. The Balaban J connectivity index is 0.000000187. The van der Waals surface area contributed by atoms with Gasteiger partial charge < -0.3 is 25.7 Å². The predicted molar refractivity (Wildman–Crippen MR) is 184 cm³/mol. The van der Waals surface area contributed by atoms with Gasteiger partial charge in [-0.2, -0.15) is 5.10 Å². The summed E-state index contributed by atoms with van der Waals surface area (Å²) in [7, 11) is 5.72. The van der Waals surface area contributed by atoms with Crippen molar-refractivity contribution in [2.24, 2.45) is 0 Å². The molecule has 1 saturated heterocycles. The second-order valence-corrected chi connectivity index (χ2v) is 12.3. The van der Waals surface area contributed by atoms with Crippen molar-refractivity contribution in [1.29, 1.82) is 0 Å². The summed E-state index contributed by atoms with van der Waals surface area (Å²) in [6.45, 7) is 4.68. The molecule has 0 spiro atoms. The average Bonchev–Trinajstić information content (AvgIpc) is 3.72.